The minimum Gasteiger partial charge on any atom is -0.477 e. The number of rotatable bonds is 5. The van der Waals surface area contributed by atoms with Gasteiger partial charge in [-0.15, -0.1) is 5.10 Å². The van der Waals surface area contributed by atoms with Crippen molar-refractivity contribution in [3.05, 3.63) is 53.9 Å². The number of fused-ring (bicyclic) bond motifs is 6. The second-order valence-electron chi connectivity index (χ2n) is 12.7. The van der Waals surface area contributed by atoms with Crippen LogP contribution in [0.15, 0.2) is 47.6 Å². The Morgan fingerprint density at radius 1 is 1.11 bits per heavy atom. The quantitative estimate of drug-likeness (QED) is 0.422. The average Bonchev–Trinajstić information content (AvgIpc) is 3.53. The number of hydrogen-bond acceptors (Lipinski definition) is 9. The molecule has 0 radical (unpaired) electrons. The largest absolute Gasteiger partial charge is 0.477 e. The fourth-order valence-corrected chi connectivity index (χ4v) is 7.16. The molecular weight excluding hydrogens is 611 g/mol. The van der Waals surface area contributed by atoms with E-state index in [0.717, 1.165) is 25.9 Å². The van der Waals surface area contributed by atoms with Crippen LogP contribution in [-0.2, 0) is 16.4 Å². The highest BCUT2D eigenvalue weighted by Gasteiger charge is 2.62. The van der Waals surface area contributed by atoms with Crippen molar-refractivity contribution in [3.8, 4) is 11.7 Å². The molecule has 2 aliphatic heterocycles. The molecule has 242 valence electrons. The molecule has 6 rings (SSSR count). The van der Waals surface area contributed by atoms with Gasteiger partial charge in [0.25, 0.3) is 15.9 Å². The lowest BCUT2D eigenvalue weighted by Crippen LogP contribution is -2.41. The van der Waals surface area contributed by atoms with Crippen molar-refractivity contribution in [2.45, 2.75) is 69.1 Å². The fraction of sp³-hybridized carbons (Fsp3) is 0.533. The van der Waals surface area contributed by atoms with Crippen LogP contribution in [0.3, 0.4) is 0 Å². The molecule has 3 aromatic heterocycles. The highest BCUT2D eigenvalue weighted by Crippen LogP contribution is 2.59. The molecule has 2 fully saturated rings. The Morgan fingerprint density at radius 2 is 1.91 bits per heavy atom. The first-order valence-corrected chi connectivity index (χ1v) is 16.5. The summed E-state index contributed by atoms with van der Waals surface area (Å²) >= 11 is 0. The van der Waals surface area contributed by atoms with Crippen molar-refractivity contribution in [1.82, 2.24) is 29.8 Å². The summed E-state index contributed by atoms with van der Waals surface area (Å²) in [5.41, 5.74) is -1.39. The van der Waals surface area contributed by atoms with E-state index in [2.05, 4.69) is 34.0 Å². The summed E-state index contributed by atoms with van der Waals surface area (Å²) in [5.74, 6) is 0.169. The third-order valence-corrected chi connectivity index (χ3v) is 10.1. The van der Waals surface area contributed by atoms with Gasteiger partial charge in [0, 0.05) is 30.0 Å². The lowest BCUT2D eigenvalue weighted by molar-refractivity contribution is -0.190. The number of amides is 1. The van der Waals surface area contributed by atoms with Crippen LogP contribution in [0.1, 0.15) is 62.0 Å². The van der Waals surface area contributed by atoms with Crippen LogP contribution < -0.4 is 19.7 Å². The Labute approximate surface area is 259 Å². The van der Waals surface area contributed by atoms with E-state index in [-0.39, 0.29) is 48.3 Å². The zero-order valence-electron chi connectivity index (χ0n) is 25.1. The number of alkyl halides is 3. The van der Waals surface area contributed by atoms with Gasteiger partial charge in [-0.1, -0.05) is 6.07 Å². The van der Waals surface area contributed by atoms with Crippen LogP contribution in [0.25, 0.3) is 5.82 Å². The zero-order valence-corrected chi connectivity index (χ0v) is 25.9. The van der Waals surface area contributed by atoms with E-state index in [1.807, 2.05) is 4.90 Å². The van der Waals surface area contributed by atoms with Gasteiger partial charge >= 0.3 is 6.18 Å². The Hall–Kier alpha value is -3.72. The van der Waals surface area contributed by atoms with Crippen molar-refractivity contribution in [3.63, 3.8) is 0 Å². The summed E-state index contributed by atoms with van der Waals surface area (Å²) in [6.07, 6.45) is -0.431. The molecule has 3 aromatic rings. The van der Waals surface area contributed by atoms with Crippen molar-refractivity contribution < 1.29 is 31.1 Å². The van der Waals surface area contributed by atoms with Crippen LogP contribution in [0.2, 0.25) is 0 Å². The standard InChI is InChI=1S/C30H36F3N7O4S/c1-28(2)17-20-18-34-14-4-6-21-5-3-7-25(35-21)45(42,43)38-27(41)22-8-9-23(36-26(22)39(28)19-20)40-15-10-24(37-40)44-16-13-29(11-12-29)30(31,32)33/h3,5,7-10,15,20,34H,4,6,11-14,16-19H2,1-2H3,(H,38,41). The predicted octanol–water partition coefficient (Wildman–Crippen LogP) is 4.03. The lowest BCUT2D eigenvalue weighted by atomic mass is 9.96. The van der Waals surface area contributed by atoms with Crippen LogP contribution in [0.5, 0.6) is 5.88 Å². The van der Waals surface area contributed by atoms with E-state index in [4.69, 9.17) is 9.72 Å². The first-order valence-electron chi connectivity index (χ1n) is 15.0. The number of carbonyl (C=O) groups excluding carboxylic acids is 1. The summed E-state index contributed by atoms with van der Waals surface area (Å²) in [7, 11) is -4.28. The second-order valence-corrected chi connectivity index (χ2v) is 14.3. The van der Waals surface area contributed by atoms with E-state index in [9.17, 15) is 26.4 Å². The van der Waals surface area contributed by atoms with Crippen molar-refractivity contribution >= 4 is 21.7 Å². The lowest BCUT2D eigenvalue weighted by Gasteiger charge is -2.34. The highest BCUT2D eigenvalue weighted by molar-refractivity contribution is 7.90. The minimum atomic E-state index is -4.28. The number of ether oxygens (including phenoxy) is 1. The SMILES string of the molecule is CC1(C)CC2CNCCCc3cccc(n3)S(=O)(=O)NC(=O)c3ccc(-n4ccc(OCCC5(C(F)(F)F)CC5)n4)nc3N1C2. The van der Waals surface area contributed by atoms with Gasteiger partial charge in [0.15, 0.2) is 10.8 Å². The van der Waals surface area contributed by atoms with Crippen LogP contribution >= 0.6 is 0 Å². The molecule has 15 heteroatoms. The molecule has 1 amide bonds. The molecule has 5 heterocycles. The molecule has 0 aromatic carbocycles. The first-order chi connectivity index (χ1) is 21.3. The van der Waals surface area contributed by atoms with Gasteiger partial charge in [-0.3, -0.25) is 4.79 Å². The Bertz CT molecular complexity index is 1690. The summed E-state index contributed by atoms with van der Waals surface area (Å²) in [4.78, 5) is 24.7. The monoisotopic (exact) mass is 647 g/mol. The number of sulfonamides is 1. The van der Waals surface area contributed by atoms with Crippen molar-refractivity contribution in [2.24, 2.45) is 11.3 Å². The molecule has 1 atom stereocenters. The summed E-state index contributed by atoms with van der Waals surface area (Å²) in [6.45, 7) is 6.06. The number of anilines is 1. The Morgan fingerprint density at radius 3 is 2.67 bits per heavy atom. The molecule has 2 N–H and O–H groups in total. The molecule has 1 saturated carbocycles. The normalized spacial score (nSPS) is 22.4. The zero-order chi connectivity index (χ0) is 32.0. The molecule has 0 spiro atoms. The van der Waals surface area contributed by atoms with E-state index in [1.165, 1.54) is 28.9 Å². The molecule has 1 unspecified atom stereocenters. The molecule has 1 saturated heterocycles. The highest BCUT2D eigenvalue weighted by atomic mass is 32.2. The number of pyridine rings is 2. The number of aryl methyl sites for hydroxylation is 1. The molecule has 4 bridgehead atoms. The summed E-state index contributed by atoms with van der Waals surface area (Å²) in [5, 5.41) is 7.61. The Balaban J connectivity index is 1.30. The number of nitrogens with zero attached hydrogens (tertiary/aromatic N) is 5. The van der Waals surface area contributed by atoms with Crippen LogP contribution in [0.4, 0.5) is 19.0 Å². The molecular formula is C30H36F3N7O4S. The average molecular weight is 648 g/mol. The van der Waals surface area contributed by atoms with Gasteiger partial charge in [-0.25, -0.2) is 19.4 Å². The smallest absolute Gasteiger partial charge is 0.394 e. The first kappa shape index (κ1) is 31.3. The second kappa shape index (κ2) is 11.6. The predicted molar refractivity (Wildman–Crippen MR) is 159 cm³/mol. The topological polar surface area (TPSA) is 131 Å². The van der Waals surface area contributed by atoms with E-state index in [0.29, 0.717) is 30.3 Å². The van der Waals surface area contributed by atoms with Crippen LogP contribution in [-0.4, -0.2) is 72.0 Å². The maximum absolute atomic E-state index is 13.6. The number of carbonyl (C=O) groups is 1. The van der Waals surface area contributed by atoms with Crippen molar-refractivity contribution in [1.29, 1.82) is 0 Å². The third-order valence-electron chi connectivity index (χ3n) is 8.91. The number of nitrogens with one attached hydrogen (secondary N) is 2. The van der Waals surface area contributed by atoms with Gasteiger partial charge in [0.05, 0.1) is 17.6 Å². The number of aromatic nitrogens is 4. The van der Waals surface area contributed by atoms with E-state index in [1.54, 1.807) is 18.3 Å². The van der Waals surface area contributed by atoms with E-state index >= 15 is 0 Å². The molecule has 11 nitrogen and oxygen atoms in total. The molecule has 3 aliphatic rings. The molecule has 1 aliphatic carbocycles. The Kier molecular flexibility index (Phi) is 8.04. The van der Waals surface area contributed by atoms with Crippen LogP contribution in [0, 0.1) is 11.3 Å². The number of halogens is 3. The van der Waals surface area contributed by atoms with Gasteiger partial charge in [-0.2, -0.15) is 21.6 Å². The fourth-order valence-electron chi connectivity index (χ4n) is 6.21. The number of hydrogen-bond donors (Lipinski definition) is 2. The van der Waals surface area contributed by atoms with E-state index < -0.39 is 33.1 Å². The maximum atomic E-state index is 13.6. The van der Waals surface area contributed by atoms with Gasteiger partial charge in [0.2, 0.25) is 5.88 Å². The van der Waals surface area contributed by atoms with Gasteiger partial charge in [-0.05, 0) is 95.6 Å². The van der Waals surface area contributed by atoms with Gasteiger partial charge in [0.1, 0.15) is 5.82 Å². The maximum Gasteiger partial charge on any atom is 0.394 e. The van der Waals surface area contributed by atoms with Crippen molar-refractivity contribution in [2.75, 3.05) is 31.1 Å². The molecule has 45 heavy (non-hydrogen) atoms. The summed E-state index contributed by atoms with van der Waals surface area (Å²) < 4.78 is 75.4. The summed E-state index contributed by atoms with van der Waals surface area (Å²) in [6, 6.07) is 9.29. The minimum absolute atomic E-state index is 0.0674. The third kappa shape index (κ3) is 6.50. The van der Waals surface area contributed by atoms with Gasteiger partial charge < -0.3 is 15.0 Å².